The van der Waals surface area contributed by atoms with E-state index in [0.717, 1.165) is 38.6 Å². The SMILES string of the molecule is CCNC(=O)CN1CCN(CC(C)C)CC1. The molecule has 4 heteroatoms. The minimum Gasteiger partial charge on any atom is -0.355 e. The van der Waals surface area contributed by atoms with Crippen molar-refractivity contribution in [3.05, 3.63) is 0 Å². The van der Waals surface area contributed by atoms with Crippen molar-refractivity contribution in [1.29, 1.82) is 0 Å². The van der Waals surface area contributed by atoms with Crippen LogP contribution in [0.1, 0.15) is 20.8 Å². The van der Waals surface area contributed by atoms with Crippen molar-refractivity contribution in [1.82, 2.24) is 15.1 Å². The second kappa shape index (κ2) is 6.86. The van der Waals surface area contributed by atoms with E-state index < -0.39 is 0 Å². The standard InChI is InChI=1S/C12H25N3O/c1-4-13-12(16)10-15-7-5-14(6-8-15)9-11(2)3/h11H,4-10H2,1-3H3,(H,13,16). The van der Waals surface area contributed by atoms with Crippen LogP contribution in [0.5, 0.6) is 0 Å². The first-order chi connectivity index (χ1) is 7.61. The molecule has 0 aliphatic carbocycles. The normalized spacial score (nSPS) is 19.0. The van der Waals surface area contributed by atoms with Crippen LogP contribution in [0.25, 0.3) is 0 Å². The first-order valence-electron chi connectivity index (χ1n) is 6.33. The molecular formula is C12H25N3O. The quantitative estimate of drug-likeness (QED) is 0.738. The van der Waals surface area contributed by atoms with E-state index in [-0.39, 0.29) is 5.91 Å². The van der Waals surface area contributed by atoms with Crippen molar-refractivity contribution >= 4 is 5.91 Å². The molecule has 0 bridgehead atoms. The highest BCUT2D eigenvalue weighted by Gasteiger charge is 2.18. The Morgan fingerprint density at radius 1 is 1.19 bits per heavy atom. The van der Waals surface area contributed by atoms with Crippen molar-refractivity contribution < 1.29 is 4.79 Å². The number of likely N-dealkylation sites (N-methyl/N-ethyl adjacent to an activating group) is 1. The Balaban J connectivity index is 2.19. The maximum atomic E-state index is 11.4. The van der Waals surface area contributed by atoms with E-state index in [4.69, 9.17) is 0 Å². The highest BCUT2D eigenvalue weighted by molar-refractivity contribution is 5.77. The van der Waals surface area contributed by atoms with Crippen molar-refractivity contribution in [2.24, 2.45) is 5.92 Å². The Bertz CT molecular complexity index is 210. The molecule has 1 aliphatic heterocycles. The summed E-state index contributed by atoms with van der Waals surface area (Å²) >= 11 is 0. The fourth-order valence-corrected chi connectivity index (χ4v) is 2.10. The Hall–Kier alpha value is -0.610. The number of rotatable bonds is 5. The topological polar surface area (TPSA) is 35.6 Å². The molecule has 1 N–H and O–H groups in total. The maximum Gasteiger partial charge on any atom is 0.234 e. The average molecular weight is 227 g/mol. The Morgan fingerprint density at radius 2 is 1.75 bits per heavy atom. The number of hydrogen-bond donors (Lipinski definition) is 1. The summed E-state index contributed by atoms with van der Waals surface area (Å²) in [5.74, 6) is 0.884. The predicted molar refractivity (Wildman–Crippen MR) is 66.4 cm³/mol. The lowest BCUT2D eigenvalue weighted by Crippen LogP contribution is -2.50. The molecule has 0 aromatic rings. The molecule has 0 spiro atoms. The van der Waals surface area contributed by atoms with E-state index >= 15 is 0 Å². The number of hydrogen-bond acceptors (Lipinski definition) is 3. The van der Waals surface area contributed by atoms with E-state index in [2.05, 4.69) is 29.0 Å². The fourth-order valence-electron chi connectivity index (χ4n) is 2.10. The number of carbonyl (C=O) groups is 1. The third-order valence-corrected chi connectivity index (χ3v) is 2.83. The minimum absolute atomic E-state index is 0.153. The zero-order chi connectivity index (χ0) is 12.0. The summed E-state index contributed by atoms with van der Waals surface area (Å²) in [6.07, 6.45) is 0. The smallest absolute Gasteiger partial charge is 0.234 e. The first kappa shape index (κ1) is 13.5. The maximum absolute atomic E-state index is 11.4. The Labute approximate surface area is 99.0 Å². The highest BCUT2D eigenvalue weighted by atomic mass is 16.2. The van der Waals surface area contributed by atoms with E-state index in [1.54, 1.807) is 0 Å². The van der Waals surface area contributed by atoms with E-state index in [0.29, 0.717) is 6.54 Å². The third-order valence-electron chi connectivity index (χ3n) is 2.83. The molecule has 0 atom stereocenters. The molecule has 0 aromatic carbocycles. The predicted octanol–water partition coefficient (Wildman–Crippen LogP) is 0.396. The second-order valence-corrected chi connectivity index (χ2v) is 4.92. The van der Waals surface area contributed by atoms with Crippen LogP contribution in [0.2, 0.25) is 0 Å². The molecule has 0 saturated carbocycles. The van der Waals surface area contributed by atoms with Gasteiger partial charge in [0.25, 0.3) is 0 Å². The molecule has 1 aliphatic rings. The molecule has 94 valence electrons. The van der Waals surface area contributed by atoms with Gasteiger partial charge in [-0.2, -0.15) is 0 Å². The Kier molecular flexibility index (Phi) is 5.77. The van der Waals surface area contributed by atoms with Crippen molar-refractivity contribution in [3.8, 4) is 0 Å². The van der Waals surface area contributed by atoms with Crippen LogP contribution >= 0.6 is 0 Å². The van der Waals surface area contributed by atoms with Gasteiger partial charge >= 0.3 is 0 Å². The summed E-state index contributed by atoms with van der Waals surface area (Å²) in [5, 5.41) is 2.84. The molecule has 1 amide bonds. The summed E-state index contributed by atoms with van der Waals surface area (Å²) in [6.45, 7) is 13.1. The van der Waals surface area contributed by atoms with Crippen molar-refractivity contribution in [2.45, 2.75) is 20.8 Å². The van der Waals surface area contributed by atoms with E-state index in [9.17, 15) is 4.79 Å². The van der Waals surface area contributed by atoms with Crippen LogP contribution in [0.15, 0.2) is 0 Å². The van der Waals surface area contributed by atoms with Gasteiger partial charge in [0.1, 0.15) is 0 Å². The summed E-state index contributed by atoms with van der Waals surface area (Å²) in [6, 6.07) is 0. The third kappa shape index (κ3) is 4.94. The average Bonchev–Trinajstić information content (AvgIpc) is 2.20. The summed E-state index contributed by atoms with van der Waals surface area (Å²) < 4.78 is 0. The van der Waals surface area contributed by atoms with Gasteiger partial charge < -0.3 is 10.2 Å². The number of piperazine rings is 1. The van der Waals surface area contributed by atoms with Crippen LogP contribution in [0, 0.1) is 5.92 Å². The van der Waals surface area contributed by atoms with Crippen LogP contribution < -0.4 is 5.32 Å². The molecule has 1 rings (SSSR count). The molecule has 0 unspecified atom stereocenters. The van der Waals surface area contributed by atoms with Gasteiger partial charge in [-0.1, -0.05) is 13.8 Å². The molecule has 4 nitrogen and oxygen atoms in total. The highest BCUT2D eigenvalue weighted by Crippen LogP contribution is 2.04. The van der Waals surface area contributed by atoms with Gasteiger partial charge in [0.05, 0.1) is 6.54 Å². The molecule has 1 saturated heterocycles. The lowest BCUT2D eigenvalue weighted by Gasteiger charge is -2.35. The van der Waals surface area contributed by atoms with Gasteiger partial charge in [0.2, 0.25) is 5.91 Å². The van der Waals surface area contributed by atoms with Gasteiger partial charge in [-0.15, -0.1) is 0 Å². The van der Waals surface area contributed by atoms with Crippen molar-refractivity contribution in [3.63, 3.8) is 0 Å². The van der Waals surface area contributed by atoms with E-state index in [1.165, 1.54) is 6.54 Å². The van der Waals surface area contributed by atoms with Crippen LogP contribution in [-0.2, 0) is 4.79 Å². The van der Waals surface area contributed by atoms with Gasteiger partial charge in [-0.05, 0) is 12.8 Å². The zero-order valence-electron chi connectivity index (χ0n) is 10.8. The lowest BCUT2D eigenvalue weighted by molar-refractivity contribution is -0.122. The number of carbonyl (C=O) groups excluding carboxylic acids is 1. The molecule has 1 fully saturated rings. The minimum atomic E-state index is 0.153. The molecule has 0 radical (unpaired) electrons. The van der Waals surface area contributed by atoms with Crippen molar-refractivity contribution in [2.75, 3.05) is 45.8 Å². The lowest BCUT2D eigenvalue weighted by atomic mass is 10.2. The Morgan fingerprint density at radius 3 is 2.25 bits per heavy atom. The van der Waals surface area contributed by atoms with E-state index in [1.807, 2.05) is 6.92 Å². The van der Waals surface area contributed by atoms with Crippen LogP contribution in [0.4, 0.5) is 0 Å². The van der Waals surface area contributed by atoms with Gasteiger partial charge in [-0.3, -0.25) is 9.69 Å². The van der Waals surface area contributed by atoms with Gasteiger partial charge in [0, 0.05) is 39.3 Å². The second-order valence-electron chi connectivity index (χ2n) is 4.92. The van der Waals surface area contributed by atoms with Crippen LogP contribution in [0.3, 0.4) is 0 Å². The monoisotopic (exact) mass is 227 g/mol. The summed E-state index contributed by atoms with van der Waals surface area (Å²) in [5.41, 5.74) is 0. The number of amides is 1. The summed E-state index contributed by atoms with van der Waals surface area (Å²) in [4.78, 5) is 16.1. The largest absolute Gasteiger partial charge is 0.355 e. The van der Waals surface area contributed by atoms with Gasteiger partial charge in [-0.25, -0.2) is 0 Å². The molecule has 16 heavy (non-hydrogen) atoms. The number of nitrogens with zero attached hydrogens (tertiary/aromatic N) is 2. The number of nitrogens with one attached hydrogen (secondary N) is 1. The first-order valence-corrected chi connectivity index (χ1v) is 6.33. The molecule has 1 heterocycles. The zero-order valence-corrected chi connectivity index (χ0v) is 10.8. The summed E-state index contributed by atoms with van der Waals surface area (Å²) in [7, 11) is 0. The molecule has 0 aromatic heterocycles. The van der Waals surface area contributed by atoms with Gasteiger partial charge in [0.15, 0.2) is 0 Å². The molecular weight excluding hydrogens is 202 g/mol. The fraction of sp³-hybridized carbons (Fsp3) is 0.917. The van der Waals surface area contributed by atoms with Crippen LogP contribution in [-0.4, -0.2) is 61.5 Å².